The third-order valence-corrected chi connectivity index (χ3v) is 2.36. The number of nitrogens with zero attached hydrogens (tertiary/aromatic N) is 1. The molecule has 2 nitrogen and oxygen atoms in total. The predicted octanol–water partition coefficient (Wildman–Crippen LogP) is 2.84. The fourth-order valence-corrected chi connectivity index (χ4v) is 1.09. The lowest BCUT2D eigenvalue weighted by Gasteiger charge is -2.00. The van der Waals surface area contributed by atoms with Gasteiger partial charge >= 0.3 is 0 Å². The van der Waals surface area contributed by atoms with Crippen LogP contribution in [0.1, 0.15) is 37.7 Å². The summed E-state index contributed by atoms with van der Waals surface area (Å²) in [6.07, 6.45) is 0. The Kier molecular flexibility index (Phi) is 2.36. The summed E-state index contributed by atoms with van der Waals surface area (Å²) in [5, 5.41) is 7.24. The maximum atomic E-state index is 4.25. The van der Waals surface area contributed by atoms with Crippen molar-refractivity contribution in [1.29, 1.82) is 0 Å². The summed E-state index contributed by atoms with van der Waals surface area (Å²) in [5.74, 6) is 0. The molecule has 1 aromatic rings. The number of allylic oxidation sites excluding steroid dienone is 2. The maximum Gasteiger partial charge on any atom is 0.0908 e. The second-order valence-electron chi connectivity index (χ2n) is 3.45. The van der Waals surface area contributed by atoms with Gasteiger partial charge in [-0.3, -0.25) is 5.10 Å². The number of aromatic amines is 1. The Labute approximate surface area is 73.7 Å². The van der Waals surface area contributed by atoms with Gasteiger partial charge in [-0.2, -0.15) is 5.10 Å². The average Bonchev–Trinajstić information content (AvgIpc) is 2.32. The van der Waals surface area contributed by atoms with Gasteiger partial charge in [-0.1, -0.05) is 5.57 Å². The SMILES string of the molecule is CC(C)=C(C)c1n[nH]c(C)c1C. The molecule has 0 spiro atoms. The predicted molar refractivity (Wildman–Crippen MR) is 52.0 cm³/mol. The van der Waals surface area contributed by atoms with Crippen molar-refractivity contribution in [3.05, 3.63) is 22.5 Å². The molecule has 0 unspecified atom stereocenters. The highest BCUT2D eigenvalue weighted by Gasteiger charge is 2.07. The van der Waals surface area contributed by atoms with Gasteiger partial charge in [-0.25, -0.2) is 0 Å². The molecule has 0 saturated heterocycles. The van der Waals surface area contributed by atoms with Gasteiger partial charge in [-0.15, -0.1) is 0 Å². The first-order valence-electron chi connectivity index (χ1n) is 4.20. The Balaban J connectivity index is 3.21. The van der Waals surface area contributed by atoms with E-state index in [1.807, 2.05) is 6.92 Å². The molecule has 0 atom stereocenters. The summed E-state index contributed by atoms with van der Waals surface area (Å²) >= 11 is 0. The van der Waals surface area contributed by atoms with Crippen molar-refractivity contribution in [2.75, 3.05) is 0 Å². The van der Waals surface area contributed by atoms with Gasteiger partial charge < -0.3 is 0 Å². The first kappa shape index (κ1) is 9.04. The van der Waals surface area contributed by atoms with E-state index in [0.29, 0.717) is 0 Å². The van der Waals surface area contributed by atoms with Gasteiger partial charge in [0.15, 0.2) is 0 Å². The molecule has 0 aromatic carbocycles. The summed E-state index contributed by atoms with van der Waals surface area (Å²) in [4.78, 5) is 0. The number of H-pyrrole nitrogens is 1. The molecule has 66 valence electrons. The molecular weight excluding hydrogens is 148 g/mol. The minimum Gasteiger partial charge on any atom is -0.282 e. The molecule has 1 heterocycles. The molecule has 0 aliphatic heterocycles. The Morgan fingerprint density at radius 3 is 2.08 bits per heavy atom. The topological polar surface area (TPSA) is 28.7 Å². The van der Waals surface area contributed by atoms with Gasteiger partial charge in [0.1, 0.15) is 0 Å². The molecule has 0 aliphatic rings. The first-order chi connectivity index (χ1) is 5.54. The van der Waals surface area contributed by atoms with Crippen molar-refractivity contribution in [2.24, 2.45) is 0 Å². The molecule has 1 rings (SSSR count). The van der Waals surface area contributed by atoms with E-state index >= 15 is 0 Å². The monoisotopic (exact) mass is 164 g/mol. The molecule has 0 bridgehead atoms. The highest BCUT2D eigenvalue weighted by molar-refractivity contribution is 5.66. The van der Waals surface area contributed by atoms with Crippen LogP contribution in [0.4, 0.5) is 0 Å². The summed E-state index contributed by atoms with van der Waals surface area (Å²) in [7, 11) is 0. The van der Waals surface area contributed by atoms with Crippen molar-refractivity contribution in [1.82, 2.24) is 10.2 Å². The summed E-state index contributed by atoms with van der Waals surface area (Å²) in [6, 6.07) is 0. The van der Waals surface area contributed by atoms with E-state index < -0.39 is 0 Å². The Morgan fingerprint density at radius 1 is 1.17 bits per heavy atom. The van der Waals surface area contributed by atoms with Crippen LogP contribution in [-0.2, 0) is 0 Å². The van der Waals surface area contributed by atoms with E-state index in [0.717, 1.165) is 11.4 Å². The number of nitrogens with one attached hydrogen (secondary N) is 1. The molecular formula is C10H16N2. The van der Waals surface area contributed by atoms with Gasteiger partial charge in [0.2, 0.25) is 0 Å². The summed E-state index contributed by atoms with van der Waals surface area (Å²) in [5.41, 5.74) is 6.12. The summed E-state index contributed by atoms with van der Waals surface area (Å²) < 4.78 is 0. The zero-order chi connectivity index (χ0) is 9.30. The Morgan fingerprint density at radius 2 is 1.75 bits per heavy atom. The number of rotatable bonds is 1. The van der Waals surface area contributed by atoms with Gasteiger partial charge in [0, 0.05) is 5.69 Å². The van der Waals surface area contributed by atoms with Crippen LogP contribution in [0.2, 0.25) is 0 Å². The normalized spacial score (nSPS) is 10.1. The van der Waals surface area contributed by atoms with E-state index in [4.69, 9.17) is 0 Å². The van der Waals surface area contributed by atoms with Crippen LogP contribution in [0.25, 0.3) is 5.57 Å². The lowest BCUT2D eigenvalue weighted by molar-refractivity contribution is 1.03. The fourth-order valence-electron chi connectivity index (χ4n) is 1.09. The van der Waals surface area contributed by atoms with E-state index in [9.17, 15) is 0 Å². The zero-order valence-corrected chi connectivity index (χ0v) is 8.45. The quantitative estimate of drug-likeness (QED) is 0.679. The smallest absolute Gasteiger partial charge is 0.0908 e. The largest absolute Gasteiger partial charge is 0.282 e. The number of aromatic nitrogens is 2. The third-order valence-electron chi connectivity index (χ3n) is 2.36. The summed E-state index contributed by atoms with van der Waals surface area (Å²) in [6.45, 7) is 10.5. The minimum atomic E-state index is 1.10. The van der Waals surface area contributed by atoms with E-state index in [-0.39, 0.29) is 0 Å². The van der Waals surface area contributed by atoms with Crippen LogP contribution in [0.15, 0.2) is 5.57 Å². The Hall–Kier alpha value is -1.05. The lowest BCUT2D eigenvalue weighted by Crippen LogP contribution is -1.85. The van der Waals surface area contributed by atoms with Crippen LogP contribution in [-0.4, -0.2) is 10.2 Å². The van der Waals surface area contributed by atoms with E-state index in [1.165, 1.54) is 16.7 Å². The van der Waals surface area contributed by atoms with Crippen molar-refractivity contribution in [3.63, 3.8) is 0 Å². The highest BCUT2D eigenvalue weighted by Crippen LogP contribution is 2.20. The van der Waals surface area contributed by atoms with Gasteiger partial charge in [-0.05, 0) is 45.8 Å². The number of hydrogen-bond acceptors (Lipinski definition) is 1. The zero-order valence-electron chi connectivity index (χ0n) is 8.45. The van der Waals surface area contributed by atoms with Crippen LogP contribution >= 0.6 is 0 Å². The molecule has 2 heteroatoms. The molecule has 0 amide bonds. The number of aryl methyl sites for hydroxylation is 1. The van der Waals surface area contributed by atoms with Crippen LogP contribution in [0.3, 0.4) is 0 Å². The van der Waals surface area contributed by atoms with Crippen molar-refractivity contribution >= 4 is 5.57 Å². The molecule has 0 saturated carbocycles. The van der Waals surface area contributed by atoms with Crippen LogP contribution < -0.4 is 0 Å². The molecule has 1 N–H and O–H groups in total. The maximum absolute atomic E-state index is 4.25. The van der Waals surface area contributed by atoms with Crippen LogP contribution in [0, 0.1) is 13.8 Å². The lowest BCUT2D eigenvalue weighted by atomic mass is 10.1. The minimum absolute atomic E-state index is 1.10. The molecule has 1 aromatic heterocycles. The van der Waals surface area contributed by atoms with Crippen molar-refractivity contribution < 1.29 is 0 Å². The fraction of sp³-hybridized carbons (Fsp3) is 0.500. The Bertz CT molecular complexity index is 315. The first-order valence-corrected chi connectivity index (χ1v) is 4.20. The standard InChI is InChI=1S/C10H16N2/c1-6(2)7(3)10-8(4)9(5)11-12-10/h1-5H3,(H,11,12). The van der Waals surface area contributed by atoms with E-state index in [2.05, 4.69) is 37.9 Å². The highest BCUT2D eigenvalue weighted by atomic mass is 15.1. The molecule has 0 aliphatic carbocycles. The second-order valence-corrected chi connectivity index (χ2v) is 3.45. The second kappa shape index (κ2) is 3.13. The van der Waals surface area contributed by atoms with E-state index in [1.54, 1.807) is 0 Å². The number of hydrogen-bond donors (Lipinski definition) is 1. The average molecular weight is 164 g/mol. The van der Waals surface area contributed by atoms with Crippen molar-refractivity contribution in [2.45, 2.75) is 34.6 Å². The third kappa shape index (κ3) is 1.42. The molecule has 0 radical (unpaired) electrons. The molecule has 12 heavy (non-hydrogen) atoms. The van der Waals surface area contributed by atoms with Crippen LogP contribution in [0.5, 0.6) is 0 Å². The van der Waals surface area contributed by atoms with Gasteiger partial charge in [0.25, 0.3) is 0 Å². The van der Waals surface area contributed by atoms with Crippen molar-refractivity contribution in [3.8, 4) is 0 Å². The molecule has 0 fully saturated rings. The van der Waals surface area contributed by atoms with Gasteiger partial charge in [0.05, 0.1) is 5.69 Å².